The number of nitrogens with zero attached hydrogens (tertiary/aromatic N) is 2. The Morgan fingerprint density at radius 2 is 2.03 bits per heavy atom. The van der Waals surface area contributed by atoms with Crippen LogP contribution in [0, 0.1) is 11.8 Å². The summed E-state index contributed by atoms with van der Waals surface area (Å²) < 4.78 is 12.1. The number of aliphatic hydroxyl groups excluding tert-OH is 1. The van der Waals surface area contributed by atoms with E-state index in [1.807, 2.05) is 20.8 Å². The van der Waals surface area contributed by atoms with E-state index >= 15 is 0 Å². The van der Waals surface area contributed by atoms with Gasteiger partial charge in [-0.15, -0.1) is 6.58 Å². The third-order valence-corrected chi connectivity index (χ3v) is 7.74. The Balaban J connectivity index is 2.04. The minimum atomic E-state index is -1.02. The molecule has 0 aliphatic carbocycles. The molecule has 0 aromatic carbocycles. The molecule has 5 atom stereocenters. The van der Waals surface area contributed by atoms with Gasteiger partial charge in [0.1, 0.15) is 17.6 Å². The molecule has 3 aliphatic rings. The Labute approximate surface area is 197 Å². The third-order valence-electron chi connectivity index (χ3n) is 7.74. The lowest BCUT2D eigenvalue weighted by molar-refractivity contribution is -0.161. The van der Waals surface area contributed by atoms with Gasteiger partial charge in [-0.1, -0.05) is 13.0 Å². The maximum Gasteiger partial charge on any atom is 0.312 e. The van der Waals surface area contributed by atoms with Crippen LogP contribution in [0.1, 0.15) is 66.2 Å². The highest BCUT2D eigenvalue weighted by Crippen LogP contribution is 2.64. The van der Waals surface area contributed by atoms with E-state index < -0.39 is 35.0 Å². The normalized spacial score (nSPS) is 32.4. The molecule has 1 N–H and O–H groups in total. The van der Waals surface area contributed by atoms with Crippen LogP contribution < -0.4 is 0 Å². The number of esters is 1. The lowest BCUT2D eigenvalue weighted by Crippen LogP contribution is -2.57. The fraction of sp³-hybridized carbons (Fsp3) is 0.800. The van der Waals surface area contributed by atoms with Crippen molar-refractivity contribution in [3.8, 4) is 0 Å². The van der Waals surface area contributed by atoms with Gasteiger partial charge in [-0.3, -0.25) is 14.4 Å². The zero-order chi connectivity index (χ0) is 24.4. The molecule has 1 spiro atoms. The van der Waals surface area contributed by atoms with Gasteiger partial charge >= 0.3 is 5.97 Å². The number of hydrogen-bond acceptors (Lipinski definition) is 6. The van der Waals surface area contributed by atoms with Crippen LogP contribution in [-0.2, 0) is 23.9 Å². The summed E-state index contributed by atoms with van der Waals surface area (Å²) >= 11 is 0. The van der Waals surface area contributed by atoms with Crippen LogP contribution in [0.15, 0.2) is 12.7 Å². The van der Waals surface area contributed by atoms with E-state index in [2.05, 4.69) is 6.58 Å². The molecule has 8 heteroatoms. The van der Waals surface area contributed by atoms with Gasteiger partial charge in [-0.05, 0) is 59.3 Å². The second kappa shape index (κ2) is 10.1. The zero-order valence-electron chi connectivity index (χ0n) is 20.5. The molecule has 2 bridgehead atoms. The van der Waals surface area contributed by atoms with Crippen molar-refractivity contribution in [2.75, 3.05) is 26.3 Å². The fourth-order valence-corrected chi connectivity index (χ4v) is 6.25. The number of ether oxygens (including phenoxy) is 2. The monoisotopic (exact) mass is 464 g/mol. The number of amides is 2. The number of carbonyl (C=O) groups is 3. The van der Waals surface area contributed by atoms with Crippen LogP contribution in [0.5, 0.6) is 0 Å². The minimum absolute atomic E-state index is 0.0723. The summed E-state index contributed by atoms with van der Waals surface area (Å²) in [4.78, 5) is 44.4. The quantitative estimate of drug-likeness (QED) is 0.270. The number of aliphatic hydroxyl groups is 1. The van der Waals surface area contributed by atoms with E-state index in [1.165, 1.54) is 0 Å². The summed E-state index contributed by atoms with van der Waals surface area (Å²) in [6.45, 7) is 12.5. The Morgan fingerprint density at radius 1 is 1.30 bits per heavy atom. The minimum Gasteiger partial charge on any atom is -0.466 e. The van der Waals surface area contributed by atoms with Gasteiger partial charge in [0.15, 0.2) is 0 Å². The SMILES string of the molecule is C=CCN(C(=O)C1N(CCCCCO)C(=O)[C@@H]2[C@@H](C(=O)OCC)[C@@]3(CC)CCC12O3)C(C)C. The second-order valence-corrected chi connectivity index (χ2v) is 9.77. The topological polar surface area (TPSA) is 96.4 Å². The molecule has 0 aromatic heterocycles. The number of carbonyl (C=O) groups excluding carboxylic acids is 3. The number of fused-ring (bicyclic) bond motifs is 1. The van der Waals surface area contributed by atoms with Gasteiger partial charge in [0.25, 0.3) is 0 Å². The Morgan fingerprint density at radius 3 is 2.61 bits per heavy atom. The first kappa shape index (κ1) is 25.7. The van der Waals surface area contributed by atoms with Crippen molar-refractivity contribution in [1.82, 2.24) is 9.80 Å². The molecule has 0 saturated carbocycles. The lowest BCUT2D eigenvalue weighted by Gasteiger charge is -2.38. The summed E-state index contributed by atoms with van der Waals surface area (Å²) in [6, 6.07) is -0.851. The fourth-order valence-electron chi connectivity index (χ4n) is 6.25. The molecule has 3 rings (SSSR count). The first-order valence-corrected chi connectivity index (χ1v) is 12.4. The van der Waals surface area contributed by atoms with Crippen LogP contribution in [-0.4, -0.2) is 82.3 Å². The second-order valence-electron chi connectivity index (χ2n) is 9.77. The highest BCUT2D eigenvalue weighted by molar-refractivity contribution is 5.98. The van der Waals surface area contributed by atoms with E-state index in [0.29, 0.717) is 45.2 Å². The molecule has 3 heterocycles. The summed E-state index contributed by atoms with van der Waals surface area (Å²) in [5.41, 5.74) is -1.79. The highest BCUT2D eigenvalue weighted by Gasteiger charge is 2.79. The molecule has 2 amide bonds. The van der Waals surface area contributed by atoms with Gasteiger partial charge < -0.3 is 24.4 Å². The summed E-state index contributed by atoms with van der Waals surface area (Å²) in [7, 11) is 0. The molecular weight excluding hydrogens is 424 g/mol. The molecule has 3 saturated heterocycles. The average Bonchev–Trinajstić information content (AvgIpc) is 3.38. The van der Waals surface area contributed by atoms with Gasteiger partial charge in [-0.2, -0.15) is 0 Å². The van der Waals surface area contributed by atoms with Crippen molar-refractivity contribution in [1.29, 1.82) is 0 Å². The predicted molar refractivity (Wildman–Crippen MR) is 123 cm³/mol. The largest absolute Gasteiger partial charge is 0.466 e. The molecule has 8 nitrogen and oxygen atoms in total. The molecule has 3 aliphatic heterocycles. The number of rotatable bonds is 12. The third kappa shape index (κ3) is 4.09. The van der Waals surface area contributed by atoms with E-state index in [1.54, 1.807) is 22.8 Å². The maximum absolute atomic E-state index is 14.0. The number of unbranched alkanes of at least 4 members (excludes halogenated alkanes) is 2. The van der Waals surface area contributed by atoms with Gasteiger partial charge in [-0.25, -0.2) is 0 Å². The van der Waals surface area contributed by atoms with Crippen molar-refractivity contribution in [2.45, 2.75) is 89.5 Å². The van der Waals surface area contributed by atoms with Crippen LogP contribution in [0.2, 0.25) is 0 Å². The smallest absolute Gasteiger partial charge is 0.312 e. The van der Waals surface area contributed by atoms with E-state index in [-0.39, 0.29) is 31.1 Å². The summed E-state index contributed by atoms with van der Waals surface area (Å²) in [5.74, 6) is -2.16. The first-order valence-electron chi connectivity index (χ1n) is 12.4. The van der Waals surface area contributed by atoms with Gasteiger partial charge in [0.2, 0.25) is 11.8 Å². The lowest BCUT2D eigenvalue weighted by atomic mass is 9.65. The molecule has 2 unspecified atom stereocenters. The van der Waals surface area contributed by atoms with Crippen LogP contribution in [0.25, 0.3) is 0 Å². The Hall–Kier alpha value is -1.93. The molecule has 3 fully saturated rings. The predicted octanol–water partition coefficient (Wildman–Crippen LogP) is 2.29. The highest BCUT2D eigenvalue weighted by atomic mass is 16.6. The molecular formula is C25H40N2O6. The molecule has 0 aromatic rings. The Kier molecular flexibility index (Phi) is 7.89. The van der Waals surface area contributed by atoms with Crippen molar-refractivity contribution in [3.63, 3.8) is 0 Å². The van der Waals surface area contributed by atoms with Crippen LogP contribution in [0.3, 0.4) is 0 Å². The standard InChI is InChI=1S/C25H40N2O6/c1-6-14-26(17(4)5)22(30)20-25-13-12-24(7-2,33-25)19(23(31)32-8-3)18(25)21(29)27(20)15-10-9-11-16-28/h6,17-20,28H,1,7-16H2,2-5H3/t18-,19-,20?,24+,25?/m0/s1. The number of likely N-dealkylation sites (tertiary alicyclic amines) is 1. The Bertz CT molecular complexity index is 770. The number of hydrogen-bond donors (Lipinski definition) is 1. The van der Waals surface area contributed by atoms with E-state index in [4.69, 9.17) is 14.6 Å². The zero-order valence-corrected chi connectivity index (χ0v) is 20.5. The summed E-state index contributed by atoms with van der Waals surface area (Å²) in [6.07, 6.45) is 5.53. The molecule has 0 radical (unpaired) electrons. The average molecular weight is 465 g/mol. The summed E-state index contributed by atoms with van der Waals surface area (Å²) in [5, 5.41) is 9.14. The molecule has 186 valence electrons. The van der Waals surface area contributed by atoms with Gasteiger partial charge in [0.05, 0.1) is 18.1 Å². The van der Waals surface area contributed by atoms with Gasteiger partial charge in [0, 0.05) is 25.7 Å². The van der Waals surface area contributed by atoms with Crippen LogP contribution >= 0.6 is 0 Å². The van der Waals surface area contributed by atoms with E-state index in [0.717, 1.165) is 6.42 Å². The van der Waals surface area contributed by atoms with Crippen molar-refractivity contribution < 1.29 is 29.0 Å². The van der Waals surface area contributed by atoms with E-state index in [9.17, 15) is 14.4 Å². The van der Waals surface area contributed by atoms with Crippen molar-refractivity contribution >= 4 is 17.8 Å². The first-order chi connectivity index (χ1) is 15.7. The van der Waals surface area contributed by atoms with Crippen molar-refractivity contribution in [3.05, 3.63) is 12.7 Å². The molecule has 33 heavy (non-hydrogen) atoms. The van der Waals surface area contributed by atoms with Crippen LogP contribution in [0.4, 0.5) is 0 Å². The van der Waals surface area contributed by atoms with Crippen molar-refractivity contribution in [2.24, 2.45) is 11.8 Å². The maximum atomic E-state index is 14.0.